The standard InChI is InChI=1S/C11H23NO3/c1-3-4-7-12(8-9-13)11(15)6-5-10(2)14/h10,13-14H,3-9H2,1-2H3. The van der Waals surface area contributed by atoms with Gasteiger partial charge >= 0.3 is 0 Å². The molecule has 15 heavy (non-hydrogen) atoms. The number of nitrogens with zero attached hydrogens (tertiary/aromatic N) is 1. The molecule has 1 amide bonds. The van der Waals surface area contributed by atoms with Crippen LogP contribution in [-0.2, 0) is 4.79 Å². The minimum absolute atomic E-state index is 0.00410. The first-order valence-corrected chi connectivity index (χ1v) is 5.68. The summed E-state index contributed by atoms with van der Waals surface area (Å²) in [6, 6.07) is 0. The molecular formula is C11H23NO3. The molecule has 0 aromatic rings. The molecule has 4 nitrogen and oxygen atoms in total. The summed E-state index contributed by atoms with van der Waals surface area (Å²) in [5.74, 6) is 0.0263. The van der Waals surface area contributed by atoms with Crippen LogP contribution in [0.5, 0.6) is 0 Å². The van der Waals surface area contributed by atoms with E-state index in [2.05, 4.69) is 6.92 Å². The lowest BCUT2D eigenvalue weighted by atomic mass is 10.2. The van der Waals surface area contributed by atoms with Gasteiger partial charge in [0.15, 0.2) is 0 Å². The highest BCUT2D eigenvalue weighted by Gasteiger charge is 2.12. The Balaban J connectivity index is 3.92. The van der Waals surface area contributed by atoms with Crippen molar-refractivity contribution < 1.29 is 15.0 Å². The molecule has 0 fully saturated rings. The number of hydrogen-bond donors (Lipinski definition) is 2. The van der Waals surface area contributed by atoms with Gasteiger partial charge in [-0.15, -0.1) is 0 Å². The maximum Gasteiger partial charge on any atom is 0.222 e. The molecule has 90 valence electrons. The van der Waals surface area contributed by atoms with Gasteiger partial charge in [0.2, 0.25) is 5.91 Å². The van der Waals surface area contributed by atoms with Crippen LogP contribution >= 0.6 is 0 Å². The molecule has 4 heteroatoms. The molecule has 1 atom stereocenters. The number of carbonyl (C=O) groups excluding carboxylic acids is 1. The average molecular weight is 217 g/mol. The van der Waals surface area contributed by atoms with Crippen LogP contribution in [0.3, 0.4) is 0 Å². The zero-order valence-corrected chi connectivity index (χ0v) is 9.78. The second-order valence-electron chi connectivity index (χ2n) is 3.85. The van der Waals surface area contributed by atoms with Crippen molar-refractivity contribution >= 4 is 5.91 Å². The van der Waals surface area contributed by atoms with Gasteiger partial charge in [0.1, 0.15) is 0 Å². The highest BCUT2D eigenvalue weighted by Crippen LogP contribution is 2.03. The molecule has 0 aliphatic heterocycles. The minimum Gasteiger partial charge on any atom is -0.395 e. The summed E-state index contributed by atoms with van der Waals surface area (Å²) in [7, 11) is 0. The number of hydrogen-bond acceptors (Lipinski definition) is 3. The van der Waals surface area contributed by atoms with Crippen molar-refractivity contribution in [3.8, 4) is 0 Å². The van der Waals surface area contributed by atoms with E-state index in [9.17, 15) is 4.79 Å². The van der Waals surface area contributed by atoms with Crippen molar-refractivity contribution in [2.24, 2.45) is 0 Å². The summed E-state index contributed by atoms with van der Waals surface area (Å²) in [5.41, 5.74) is 0. The van der Waals surface area contributed by atoms with E-state index in [1.807, 2.05) is 0 Å². The van der Waals surface area contributed by atoms with Crippen LogP contribution in [0.1, 0.15) is 39.5 Å². The molecule has 1 unspecified atom stereocenters. The first kappa shape index (κ1) is 14.4. The van der Waals surface area contributed by atoms with Gasteiger partial charge in [0, 0.05) is 19.5 Å². The van der Waals surface area contributed by atoms with Crippen molar-refractivity contribution in [2.75, 3.05) is 19.7 Å². The number of aliphatic hydroxyl groups is 2. The highest BCUT2D eigenvalue weighted by molar-refractivity contribution is 5.76. The molecule has 0 aromatic heterocycles. The fourth-order valence-electron chi connectivity index (χ4n) is 1.32. The number of aliphatic hydroxyl groups excluding tert-OH is 2. The van der Waals surface area contributed by atoms with Crippen LogP contribution in [0.15, 0.2) is 0 Å². The molecule has 0 aliphatic carbocycles. The molecule has 0 saturated heterocycles. The van der Waals surface area contributed by atoms with Gasteiger partial charge in [-0.25, -0.2) is 0 Å². The quantitative estimate of drug-likeness (QED) is 0.631. The third-order valence-corrected chi connectivity index (χ3v) is 2.28. The SMILES string of the molecule is CCCCN(CCO)C(=O)CCC(C)O. The lowest BCUT2D eigenvalue weighted by molar-refractivity contribution is -0.132. The van der Waals surface area contributed by atoms with Crippen molar-refractivity contribution in [2.45, 2.75) is 45.6 Å². The first-order chi connectivity index (χ1) is 7.11. The third-order valence-electron chi connectivity index (χ3n) is 2.28. The summed E-state index contributed by atoms with van der Waals surface area (Å²) >= 11 is 0. The van der Waals surface area contributed by atoms with Gasteiger partial charge < -0.3 is 15.1 Å². The van der Waals surface area contributed by atoms with Crippen molar-refractivity contribution in [3.05, 3.63) is 0 Å². The van der Waals surface area contributed by atoms with Crippen molar-refractivity contribution in [1.29, 1.82) is 0 Å². The van der Waals surface area contributed by atoms with Crippen molar-refractivity contribution in [1.82, 2.24) is 4.90 Å². The summed E-state index contributed by atoms with van der Waals surface area (Å²) in [4.78, 5) is 13.3. The maximum absolute atomic E-state index is 11.6. The molecule has 0 rings (SSSR count). The predicted molar refractivity (Wildman–Crippen MR) is 59.5 cm³/mol. The molecule has 0 heterocycles. The predicted octanol–water partition coefficient (Wildman–Crippen LogP) is 0.768. The molecule has 0 aromatic carbocycles. The second-order valence-corrected chi connectivity index (χ2v) is 3.85. The van der Waals surface area contributed by atoms with Gasteiger partial charge in [-0.1, -0.05) is 13.3 Å². The smallest absolute Gasteiger partial charge is 0.222 e. The van der Waals surface area contributed by atoms with Gasteiger partial charge in [-0.2, -0.15) is 0 Å². The van der Waals surface area contributed by atoms with Gasteiger partial charge in [-0.05, 0) is 19.8 Å². The molecular weight excluding hydrogens is 194 g/mol. The lowest BCUT2D eigenvalue weighted by Crippen LogP contribution is -2.34. The van der Waals surface area contributed by atoms with Crippen LogP contribution in [-0.4, -0.2) is 46.8 Å². The summed E-state index contributed by atoms with van der Waals surface area (Å²) in [6.45, 7) is 4.85. The van der Waals surface area contributed by atoms with E-state index in [1.165, 1.54) is 0 Å². The van der Waals surface area contributed by atoms with Crippen LogP contribution in [0.25, 0.3) is 0 Å². The number of carbonyl (C=O) groups is 1. The van der Waals surface area contributed by atoms with Crippen LogP contribution in [0, 0.1) is 0 Å². The van der Waals surface area contributed by atoms with E-state index in [4.69, 9.17) is 10.2 Å². The number of rotatable bonds is 8. The topological polar surface area (TPSA) is 60.8 Å². The number of unbranched alkanes of at least 4 members (excludes halogenated alkanes) is 1. The Morgan fingerprint density at radius 1 is 1.40 bits per heavy atom. The van der Waals surface area contributed by atoms with E-state index in [0.717, 1.165) is 12.8 Å². The van der Waals surface area contributed by atoms with Crippen LogP contribution in [0.4, 0.5) is 0 Å². The molecule has 0 aliphatic rings. The Hall–Kier alpha value is -0.610. The fraction of sp³-hybridized carbons (Fsp3) is 0.909. The minimum atomic E-state index is -0.434. The third kappa shape index (κ3) is 7.33. The Labute approximate surface area is 91.9 Å². The average Bonchev–Trinajstić information content (AvgIpc) is 2.20. The van der Waals surface area contributed by atoms with E-state index < -0.39 is 6.10 Å². The Morgan fingerprint density at radius 3 is 2.53 bits per heavy atom. The van der Waals surface area contributed by atoms with Gasteiger partial charge in [0.05, 0.1) is 12.7 Å². The maximum atomic E-state index is 11.6. The first-order valence-electron chi connectivity index (χ1n) is 5.68. The van der Waals surface area contributed by atoms with Gasteiger partial charge in [0.25, 0.3) is 0 Å². The van der Waals surface area contributed by atoms with E-state index in [-0.39, 0.29) is 12.5 Å². The summed E-state index contributed by atoms with van der Waals surface area (Å²) < 4.78 is 0. The fourth-order valence-corrected chi connectivity index (χ4v) is 1.32. The zero-order chi connectivity index (χ0) is 11.7. The van der Waals surface area contributed by atoms with Crippen LogP contribution < -0.4 is 0 Å². The molecule has 0 radical (unpaired) electrons. The zero-order valence-electron chi connectivity index (χ0n) is 9.78. The summed E-state index contributed by atoms with van der Waals surface area (Å²) in [5, 5.41) is 17.9. The Bertz CT molecular complexity index is 171. The Kier molecular flexibility index (Phi) is 8.33. The highest BCUT2D eigenvalue weighted by atomic mass is 16.3. The second kappa shape index (κ2) is 8.68. The van der Waals surface area contributed by atoms with Gasteiger partial charge in [-0.3, -0.25) is 4.79 Å². The molecule has 0 spiro atoms. The monoisotopic (exact) mass is 217 g/mol. The number of amides is 1. The lowest BCUT2D eigenvalue weighted by Gasteiger charge is -2.21. The van der Waals surface area contributed by atoms with Crippen LogP contribution in [0.2, 0.25) is 0 Å². The van der Waals surface area contributed by atoms with E-state index in [0.29, 0.717) is 25.9 Å². The normalized spacial score (nSPS) is 12.5. The van der Waals surface area contributed by atoms with E-state index >= 15 is 0 Å². The summed E-state index contributed by atoms with van der Waals surface area (Å²) in [6.07, 6.45) is 2.41. The molecule has 0 bridgehead atoms. The molecule has 0 saturated carbocycles. The molecule has 2 N–H and O–H groups in total. The Morgan fingerprint density at radius 2 is 2.07 bits per heavy atom. The van der Waals surface area contributed by atoms with E-state index in [1.54, 1.807) is 11.8 Å². The largest absolute Gasteiger partial charge is 0.395 e. The van der Waals surface area contributed by atoms with Crippen molar-refractivity contribution in [3.63, 3.8) is 0 Å².